The minimum atomic E-state index is -0.997. The fourth-order valence-electron chi connectivity index (χ4n) is 7.41. The number of hydrogen-bond acceptors (Lipinski definition) is 1. The number of aliphatic hydroxyl groups is 1. The van der Waals surface area contributed by atoms with E-state index in [4.69, 9.17) is 0 Å². The van der Waals surface area contributed by atoms with Gasteiger partial charge in [-0.15, -0.1) is 0 Å². The number of hydrogen-bond donors (Lipinski definition) is 1. The van der Waals surface area contributed by atoms with Gasteiger partial charge in [0.05, 0.1) is 5.60 Å². The molecule has 130 valence electrons. The molecule has 0 aromatic carbocycles. The second kappa shape index (κ2) is 5.58. The molecule has 0 saturated heterocycles. The molecule has 0 aromatic rings. The predicted octanol–water partition coefficient (Wildman–Crippen LogP) is 5.29. The fourth-order valence-corrected chi connectivity index (χ4v) is 7.41. The van der Waals surface area contributed by atoms with Gasteiger partial charge in [0.2, 0.25) is 0 Å². The van der Waals surface area contributed by atoms with E-state index < -0.39 is 12.3 Å². The Morgan fingerprint density at radius 3 is 2.61 bits per heavy atom. The number of alkyl halides is 1. The number of halogens is 1. The maximum absolute atomic E-state index is 13.2. The van der Waals surface area contributed by atoms with Crippen molar-refractivity contribution in [1.29, 1.82) is 0 Å². The van der Waals surface area contributed by atoms with Gasteiger partial charge in [-0.3, -0.25) is 0 Å². The lowest BCUT2D eigenvalue weighted by atomic mass is 9.49. The van der Waals surface area contributed by atoms with Crippen molar-refractivity contribution < 1.29 is 9.50 Å². The lowest BCUT2D eigenvalue weighted by Crippen LogP contribution is -2.50. The second-order valence-electron chi connectivity index (χ2n) is 9.34. The molecule has 4 rings (SSSR count). The molecule has 23 heavy (non-hydrogen) atoms. The van der Waals surface area contributed by atoms with Crippen LogP contribution in [0.25, 0.3) is 0 Å². The van der Waals surface area contributed by atoms with E-state index in [1.165, 1.54) is 38.5 Å². The van der Waals surface area contributed by atoms with Crippen LogP contribution in [0.15, 0.2) is 11.6 Å². The van der Waals surface area contributed by atoms with Crippen molar-refractivity contribution in [3.8, 4) is 0 Å². The van der Waals surface area contributed by atoms with Gasteiger partial charge in [-0.05, 0) is 99.7 Å². The Balaban J connectivity index is 1.55. The zero-order chi connectivity index (χ0) is 16.2. The molecule has 0 amide bonds. The predicted molar refractivity (Wildman–Crippen MR) is 91.8 cm³/mol. The van der Waals surface area contributed by atoms with Crippen molar-refractivity contribution in [2.24, 2.45) is 35.0 Å². The van der Waals surface area contributed by atoms with Gasteiger partial charge in [0, 0.05) is 0 Å². The van der Waals surface area contributed by atoms with Gasteiger partial charge in [-0.25, -0.2) is 4.39 Å². The van der Waals surface area contributed by atoms with Crippen LogP contribution in [0.2, 0.25) is 0 Å². The third-order valence-electron chi connectivity index (χ3n) is 8.55. The van der Waals surface area contributed by atoms with Gasteiger partial charge in [-0.2, -0.15) is 0 Å². The standard InChI is InChI=1S/C21H33FO/c1-3-15-5-7-19-18-6-4-14-12-21(23,13-22)11-9-16(14)17(18)8-10-20(15,19)2/h3,14,16-19,23H,4-13H2,1-2H3/t14?,16-,17?,18?,19?,20+,21+/m0/s1. The summed E-state index contributed by atoms with van der Waals surface area (Å²) < 4.78 is 13.2. The first-order valence-electron chi connectivity index (χ1n) is 9.95. The first-order valence-corrected chi connectivity index (χ1v) is 9.95. The van der Waals surface area contributed by atoms with Gasteiger partial charge in [0.25, 0.3) is 0 Å². The van der Waals surface area contributed by atoms with Crippen LogP contribution >= 0.6 is 0 Å². The highest BCUT2D eigenvalue weighted by Crippen LogP contribution is 2.64. The molecule has 0 spiro atoms. The van der Waals surface area contributed by atoms with E-state index in [9.17, 15) is 9.50 Å². The van der Waals surface area contributed by atoms with Gasteiger partial charge in [0.1, 0.15) is 6.67 Å². The molecule has 7 atom stereocenters. The third-order valence-corrected chi connectivity index (χ3v) is 8.55. The Bertz CT molecular complexity index is 500. The molecule has 4 unspecified atom stereocenters. The van der Waals surface area contributed by atoms with Gasteiger partial charge in [-0.1, -0.05) is 18.6 Å². The van der Waals surface area contributed by atoms with Crippen LogP contribution in [0.1, 0.15) is 71.6 Å². The maximum Gasteiger partial charge on any atom is 0.118 e. The molecule has 4 aliphatic carbocycles. The molecule has 0 aliphatic heterocycles. The monoisotopic (exact) mass is 320 g/mol. The zero-order valence-electron chi connectivity index (χ0n) is 14.9. The van der Waals surface area contributed by atoms with Crippen molar-refractivity contribution in [1.82, 2.24) is 0 Å². The van der Waals surface area contributed by atoms with E-state index in [1.54, 1.807) is 5.57 Å². The second-order valence-corrected chi connectivity index (χ2v) is 9.34. The van der Waals surface area contributed by atoms with E-state index in [0.29, 0.717) is 17.8 Å². The van der Waals surface area contributed by atoms with Gasteiger partial charge < -0.3 is 5.11 Å². The Hall–Kier alpha value is -0.370. The van der Waals surface area contributed by atoms with E-state index in [0.717, 1.165) is 36.5 Å². The molecule has 4 fully saturated rings. The van der Waals surface area contributed by atoms with Crippen molar-refractivity contribution in [3.63, 3.8) is 0 Å². The van der Waals surface area contributed by atoms with Crippen LogP contribution in [0, 0.1) is 35.0 Å². The highest BCUT2D eigenvalue weighted by atomic mass is 19.1. The number of rotatable bonds is 1. The molecule has 4 saturated carbocycles. The summed E-state index contributed by atoms with van der Waals surface area (Å²) in [4.78, 5) is 0. The minimum absolute atomic E-state index is 0.469. The molecule has 4 aliphatic rings. The topological polar surface area (TPSA) is 20.2 Å². The van der Waals surface area contributed by atoms with Crippen molar-refractivity contribution >= 4 is 0 Å². The summed E-state index contributed by atoms with van der Waals surface area (Å²) in [5.74, 6) is 3.98. The minimum Gasteiger partial charge on any atom is -0.387 e. The molecule has 1 N–H and O–H groups in total. The average molecular weight is 320 g/mol. The Labute approximate surface area is 140 Å². The van der Waals surface area contributed by atoms with E-state index in [-0.39, 0.29) is 0 Å². The Morgan fingerprint density at radius 1 is 1.09 bits per heavy atom. The fraction of sp³-hybridized carbons (Fsp3) is 0.905. The van der Waals surface area contributed by atoms with Crippen LogP contribution in [-0.4, -0.2) is 17.4 Å². The van der Waals surface area contributed by atoms with Crippen molar-refractivity contribution in [2.75, 3.05) is 6.67 Å². The van der Waals surface area contributed by atoms with Crippen LogP contribution in [-0.2, 0) is 0 Å². The summed E-state index contributed by atoms with van der Waals surface area (Å²) >= 11 is 0. The highest BCUT2D eigenvalue weighted by molar-refractivity contribution is 5.23. The molecule has 1 nitrogen and oxygen atoms in total. The van der Waals surface area contributed by atoms with Crippen LogP contribution in [0.4, 0.5) is 4.39 Å². The smallest absolute Gasteiger partial charge is 0.118 e. The summed E-state index contributed by atoms with van der Waals surface area (Å²) in [6.07, 6.45) is 12.9. The summed E-state index contributed by atoms with van der Waals surface area (Å²) in [6, 6.07) is 0. The first-order chi connectivity index (χ1) is 11.0. The molecule has 0 radical (unpaired) electrons. The summed E-state index contributed by atoms with van der Waals surface area (Å²) in [6.45, 7) is 4.21. The number of allylic oxidation sites excluding steroid dienone is 2. The summed E-state index contributed by atoms with van der Waals surface area (Å²) in [5, 5.41) is 10.4. The lowest BCUT2D eigenvalue weighted by Gasteiger charge is -2.56. The average Bonchev–Trinajstić information content (AvgIpc) is 2.90. The van der Waals surface area contributed by atoms with E-state index in [1.807, 2.05) is 0 Å². The molecular weight excluding hydrogens is 287 g/mol. The third kappa shape index (κ3) is 2.34. The quantitative estimate of drug-likeness (QED) is 0.651. The SMILES string of the molecule is CC=C1CCC2C3CCC4C[C@@](O)(CF)CC[C@@H]4C3CC[C@]12C. The van der Waals surface area contributed by atoms with Crippen LogP contribution < -0.4 is 0 Å². The Kier molecular flexibility index (Phi) is 3.91. The first kappa shape index (κ1) is 16.1. The summed E-state index contributed by atoms with van der Waals surface area (Å²) in [5.41, 5.74) is 1.19. The normalized spacial score (nSPS) is 54.4. The molecule has 0 heterocycles. The highest BCUT2D eigenvalue weighted by Gasteiger charge is 2.56. The van der Waals surface area contributed by atoms with Gasteiger partial charge in [0.15, 0.2) is 0 Å². The molecule has 0 bridgehead atoms. The van der Waals surface area contributed by atoms with E-state index in [2.05, 4.69) is 19.9 Å². The molecular formula is C21H33FO. The van der Waals surface area contributed by atoms with E-state index >= 15 is 0 Å². The van der Waals surface area contributed by atoms with Crippen LogP contribution in [0.5, 0.6) is 0 Å². The Morgan fingerprint density at radius 2 is 1.87 bits per heavy atom. The molecule has 2 heteroatoms. The largest absolute Gasteiger partial charge is 0.387 e. The van der Waals surface area contributed by atoms with Crippen molar-refractivity contribution in [2.45, 2.75) is 77.2 Å². The van der Waals surface area contributed by atoms with Crippen LogP contribution in [0.3, 0.4) is 0 Å². The lowest BCUT2D eigenvalue weighted by molar-refractivity contribution is -0.104. The van der Waals surface area contributed by atoms with Gasteiger partial charge >= 0.3 is 0 Å². The summed E-state index contributed by atoms with van der Waals surface area (Å²) in [7, 11) is 0. The zero-order valence-corrected chi connectivity index (χ0v) is 14.9. The van der Waals surface area contributed by atoms with Crippen molar-refractivity contribution in [3.05, 3.63) is 11.6 Å². The number of fused-ring (bicyclic) bond motifs is 5. The molecule has 0 aromatic heterocycles. The maximum atomic E-state index is 13.2.